The summed E-state index contributed by atoms with van der Waals surface area (Å²) in [7, 11) is 2.00. The molecule has 0 saturated heterocycles. The summed E-state index contributed by atoms with van der Waals surface area (Å²) in [5, 5.41) is 14.0. The third-order valence-electron chi connectivity index (χ3n) is 10.1. The molecular weight excluding hydrogens is 500 g/mol. The van der Waals surface area contributed by atoms with E-state index in [4.69, 9.17) is 10.2 Å². The van der Waals surface area contributed by atoms with E-state index >= 15 is 0 Å². The Morgan fingerprint density at radius 3 is 0.366 bits per heavy atom. The summed E-state index contributed by atoms with van der Waals surface area (Å²) in [5.74, 6) is 2.34. The lowest BCUT2D eigenvalue weighted by Crippen LogP contribution is -1.90. The van der Waals surface area contributed by atoms with Crippen molar-refractivity contribution in [3.63, 3.8) is 0 Å². The van der Waals surface area contributed by atoms with Crippen LogP contribution in [-0.2, 0) is 0 Å². The minimum Gasteiger partial charge on any atom is -0.400 e. The monoisotopic (exact) mass is 581 g/mol. The van der Waals surface area contributed by atoms with Crippen molar-refractivity contribution in [1.82, 2.24) is 0 Å². The van der Waals surface area contributed by atoms with Gasteiger partial charge in [0, 0.05) is 14.2 Å². The van der Waals surface area contributed by atoms with Crippen LogP contribution in [0.15, 0.2) is 0 Å². The van der Waals surface area contributed by atoms with E-state index in [9.17, 15) is 0 Å². The van der Waals surface area contributed by atoms with Gasteiger partial charge in [-0.1, -0.05) is 218 Å². The average Bonchev–Trinajstić information content (AvgIpc) is 3.72. The Morgan fingerprint density at radius 2 is 0.317 bits per heavy atom. The van der Waals surface area contributed by atoms with Crippen LogP contribution in [0.2, 0.25) is 0 Å². The molecule has 2 N–H and O–H groups in total. The molecule has 0 aliphatic heterocycles. The Morgan fingerprint density at radius 1 is 0.220 bits per heavy atom. The second kappa shape index (κ2) is 36.1. The fourth-order valence-electron chi connectivity index (χ4n) is 7.48. The number of aliphatic hydroxyl groups excluding tert-OH is 2. The first-order valence-corrected chi connectivity index (χ1v) is 19.3. The van der Waals surface area contributed by atoms with Crippen LogP contribution < -0.4 is 0 Å². The predicted octanol–water partition coefficient (Wildman–Crippen LogP) is 13.1. The first-order valence-electron chi connectivity index (χ1n) is 19.3. The van der Waals surface area contributed by atoms with Crippen molar-refractivity contribution in [1.29, 1.82) is 0 Å². The molecule has 0 radical (unpaired) electrons. The van der Waals surface area contributed by atoms with Gasteiger partial charge in [0.05, 0.1) is 0 Å². The molecule has 0 spiro atoms. The van der Waals surface area contributed by atoms with E-state index in [1.54, 1.807) is 32.1 Å². The van der Waals surface area contributed by atoms with Crippen molar-refractivity contribution in [3.05, 3.63) is 0 Å². The summed E-state index contributed by atoms with van der Waals surface area (Å²) in [5.41, 5.74) is 0. The van der Waals surface area contributed by atoms with E-state index in [0.29, 0.717) is 0 Å². The molecule has 5 fully saturated rings. The van der Waals surface area contributed by atoms with E-state index < -0.39 is 0 Å². The molecule has 5 rings (SSSR count). The van der Waals surface area contributed by atoms with Gasteiger partial charge in [0.2, 0.25) is 0 Å². The molecule has 0 aromatic heterocycles. The van der Waals surface area contributed by atoms with Gasteiger partial charge >= 0.3 is 0 Å². The Bertz CT molecular complexity index is 286. The first-order chi connectivity index (χ1) is 20.4. The summed E-state index contributed by atoms with van der Waals surface area (Å²) in [6.07, 6.45) is 52.8. The summed E-state index contributed by atoms with van der Waals surface area (Å²) in [4.78, 5) is 0. The third-order valence-corrected chi connectivity index (χ3v) is 10.1. The van der Waals surface area contributed by atoms with Crippen LogP contribution in [0.25, 0.3) is 0 Å². The Hall–Kier alpha value is -0.0800. The third kappa shape index (κ3) is 29.8. The summed E-state index contributed by atoms with van der Waals surface area (Å²) < 4.78 is 0. The topological polar surface area (TPSA) is 40.5 Å². The molecule has 41 heavy (non-hydrogen) atoms. The number of hydrogen-bond donors (Lipinski definition) is 2. The normalized spacial score (nSPS) is 26.0. The van der Waals surface area contributed by atoms with Gasteiger partial charge in [0.1, 0.15) is 0 Å². The van der Waals surface area contributed by atoms with Gasteiger partial charge in [-0.05, 0) is 18.3 Å². The molecule has 0 amide bonds. The SMILES string of the molecule is C1CC2CCC1C2.C1CCCCCCCCC1.C1CCCCCCCCC1.C1CCCCCCCCC1.CO.CO. The Kier molecular flexibility index (Phi) is 36.0. The predicted molar refractivity (Wildman–Crippen MR) is 185 cm³/mol. The molecule has 5 aliphatic carbocycles. The molecule has 0 heterocycles. The van der Waals surface area contributed by atoms with E-state index in [-0.39, 0.29) is 0 Å². The first kappa shape index (κ1) is 40.9. The van der Waals surface area contributed by atoms with Gasteiger partial charge < -0.3 is 10.2 Å². The highest BCUT2D eigenvalue weighted by molar-refractivity contribution is 4.82. The standard InChI is InChI=1S/3C10H20.C7H12.2CH4O/c3*1-2-4-6-8-10-9-7-5-3-1;1-2-7-4-3-6(1)5-7;2*1-2/h3*1-10H2;6-7H,1-5H2;2*2H,1H3. The molecule has 0 atom stereocenters. The van der Waals surface area contributed by atoms with Gasteiger partial charge in [0.25, 0.3) is 0 Å². The van der Waals surface area contributed by atoms with Gasteiger partial charge in [-0.2, -0.15) is 0 Å². The average molecular weight is 581 g/mol. The fraction of sp³-hybridized carbons (Fsp3) is 1.00. The highest BCUT2D eigenvalue weighted by atomic mass is 16.2. The molecule has 0 unspecified atom stereocenters. The number of aliphatic hydroxyl groups is 2. The van der Waals surface area contributed by atoms with E-state index in [0.717, 1.165) is 14.2 Å². The zero-order chi connectivity index (χ0) is 29.9. The zero-order valence-corrected chi connectivity index (χ0v) is 28.8. The van der Waals surface area contributed by atoms with Crippen LogP contribution in [0.3, 0.4) is 0 Å². The molecule has 248 valence electrons. The fourth-order valence-corrected chi connectivity index (χ4v) is 7.48. The highest BCUT2D eigenvalue weighted by Crippen LogP contribution is 2.43. The largest absolute Gasteiger partial charge is 0.400 e. The van der Waals surface area contributed by atoms with Gasteiger partial charge in [-0.15, -0.1) is 0 Å². The lowest BCUT2D eigenvalue weighted by atomic mass is 10.0. The van der Waals surface area contributed by atoms with Crippen LogP contribution in [0, 0.1) is 11.8 Å². The van der Waals surface area contributed by atoms with Crippen molar-refractivity contribution in [2.24, 2.45) is 11.8 Å². The van der Waals surface area contributed by atoms with Crippen molar-refractivity contribution in [3.8, 4) is 0 Å². The molecular formula is C39H80O2. The maximum atomic E-state index is 7.00. The lowest BCUT2D eigenvalue weighted by molar-refractivity contribution is 0.399. The number of rotatable bonds is 0. The summed E-state index contributed by atoms with van der Waals surface area (Å²) in [6.45, 7) is 0. The number of hydrogen-bond acceptors (Lipinski definition) is 2. The molecule has 2 heteroatoms. The van der Waals surface area contributed by atoms with Crippen LogP contribution >= 0.6 is 0 Å². The van der Waals surface area contributed by atoms with Crippen LogP contribution in [0.1, 0.15) is 225 Å². The Labute approximate surface area is 260 Å². The molecule has 5 saturated carbocycles. The highest BCUT2D eigenvalue weighted by Gasteiger charge is 2.30. The Balaban J connectivity index is 0.000000502. The minimum absolute atomic E-state index is 1.00. The summed E-state index contributed by atoms with van der Waals surface area (Å²) >= 11 is 0. The van der Waals surface area contributed by atoms with Crippen molar-refractivity contribution < 1.29 is 10.2 Å². The molecule has 5 aliphatic rings. The van der Waals surface area contributed by atoms with Crippen LogP contribution in [0.4, 0.5) is 0 Å². The molecule has 0 aromatic carbocycles. The quantitative estimate of drug-likeness (QED) is 0.299. The second-order valence-electron chi connectivity index (χ2n) is 13.7. The van der Waals surface area contributed by atoms with E-state index in [2.05, 4.69) is 0 Å². The smallest absolute Gasteiger partial charge is 0.0319 e. The zero-order valence-electron chi connectivity index (χ0n) is 28.8. The van der Waals surface area contributed by atoms with Crippen molar-refractivity contribution in [2.45, 2.75) is 225 Å². The summed E-state index contributed by atoms with van der Waals surface area (Å²) in [6, 6.07) is 0. The van der Waals surface area contributed by atoms with Crippen molar-refractivity contribution >= 4 is 0 Å². The second-order valence-corrected chi connectivity index (χ2v) is 13.7. The maximum Gasteiger partial charge on any atom is 0.0319 e. The van der Waals surface area contributed by atoms with E-state index in [1.165, 1.54) is 204 Å². The van der Waals surface area contributed by atoms with Crippen LogP contribution in [0.5, 0.6) is 0 Å². The van der Waals surface area contributed by atoms with Crippen molar-refractivity contribution in [2.75, 3.05) is 14.2 Å². The van der Waals surface area contributed by atoms with Gasteiger partial charge in [0.15, 0.2) is 0 Å². The minimum atomic E-state index is 1.00. The van der Waals surface area contributed by atoms with E-state index in [1.807, 2.05) is 0 Å². The van der Waals surface area contributed by atoms with Gasteiger partial charge in [-0.3, -0.25) is 0 Å². The molecule has 2 bridgehead atoms. The molecule has 0 aromatic rings. The lowest BCUT2D eigenvalue weighted by Gasteiger charge is -2.05. The van der Waals surface area contributed by atoms with Crippen LogP contribution in [-0.4, -0.2) is 24.4 Å². The maximum absolute atomic E-state index is 7.00. The number of fused-ring (bicyclic) bond motifs is 2. The van der Waals surface area contributed by atoms with Gasteiger partial charge in [-0.25, -0.2) is 0 Å². The molecule has 2 nitrogen and oxygen atoms in total.